The van der Waals surface area contributed by atoms with E-state index < -0.39 is 0 Å². The predicted molar refractivity (Wildman–Crippen MR) is 81.3 cm³/mol. The summed E-state index contributed by atoms with van der Waals surface area (Å²) in [7, 11) is 2.22. The first-order chi connectivity index (χ1) is 9.28. The van der Waals surface area contributed by atoms with Crippen molar-refractivity contribution in [2.75, 3.05) is 25.5 Å². The zero-order chi connectivity index (χ0) is 13.5. The molecule has 0 unspecified atom stereocenters. The van der Waals surface area contributed by atoms with Crippen molar-refractivity contribution in [3.63, 3.8) is 0 Å². The molecule has 1 aliphatic carbocycles. The topological polar surface area (TPSA) is 28.2 Å². The molecule has 0 spiro atoms. The van der Waals surface area contributed by atoms with Crippen molar-refractivity contribution in [3.8, 4) is 0 Å². The van der Waals surface area contributed by atoms with Gasteiger partial charge in [-0.2, -0.15) is 0 Å². The lowest BCUT2D eigenvalue weighted by molar-refractivity contribution is 0.226. The number of pyridine rings is 1. The molecule has 1 aliphatic rings. The normalized spacial score (nSPS) is 16.8. The Morgan fingerprint density at radius 1 is 1.26 bits per heavy atom. The second-order valence-electron chi connectivity index (χ2n) is 5.75. The maximum atomic E-state index is 4.64. The second-order valence-corrected chi connectivity index (χ2v) is 5.75. The van der Waals surface area contributed by atoms with Gasteiger partial charge in [0.2, 0.25) is 0 Å². The van der Waals surface area contributed by atoms with Gasteiger partial charge in [-0.25, -0.2) is 4.98 Å². The van der Waals surface area contributed by atoms with Crippen molar-refractivity contribution in [1.29, 1.82) is 0 Å². The Bertz CT molecular complexity index is 372. The fourth-order valence-corrected chi connectivity index (χ4v) is 3.00. The fraction of sp³-hybridized carbons (Fsp3) is 0.688. The van der Waals surface area contributed by atoms with Crippen LogP contribution in [0.15, 0.2) is 18.2 Å². The lowest BCUT2D eigenvalue weighted by Gasteiger charge is -2.26. The molecule has 0 radical (unpaired) electrons. The molecule has 3 nitrogen and oxygen atoms in total. The van der Waals surface area contributed by atoms with Crippen LogP contribution < -0.4 is 5.32 Å². The van der Waals surface area contributed by atoms with E-state index >= 15 is 0 Å². The Hall–Kier alpha value is -1.09. The minimum Gasteiger partial charge on any atom is -0.370 e. The molecule has 1 aromatic rings. The van der Waals surface area contributed by atoms with E-state index in [0.29, 0.717) is 0 Å². The van der Waals surface area contributed by atoms with Crippen molar-refractivity contribution >= 4 is 5.82 Å². The molecular formula is C16H27N3. The van der Waals surface area contributed by atoms with Crippen LogP contribution in [0.25, 0.3) is 0 Å². The molecule has 2 rings (SSSR count). The van der Waals surface area contributed by atoms with Gasteiger partial charge in [0.15, 0.2) is 0 Å². The van der Waals surface area contributed by atoms with Gasteiger partial charge in [-0.05, 0) is 44.9 Å². The number of nitrogens with zero attached hydrogens (tertiary/aromatic N) is 2. The van der Waals surface area contributed by atoms with E-state index in [-0.39, 0.29) is 0 Å². The van der Waals surface area contributed by atoms with Gasteiger partial charge in [0.25, 0.3) is 0 Å². The summed E-state index contributed by atoms with van der Waals surface area (Å²) in [6.07, 6.45) is 7.11. The van der Waals surface area contributed by atoms with Crippen molar-refractivity contribution in [1.82, 2.24) is 9.88 Å². The molecule has 106 valence electrons. The average Bonchev–Trinajstić information content (AvgIpc) is 2.40. The van der Waals surface area contributed by atoms with E-state index in [2.05, 4.69) is 41.3 Å². The lowest BCUT2D eigenvalue weighted by atomic mass is 9.89. The van der Waals surface area contributed by atoms with Crippen molar-refractivity contribution in [3.05, 3.63) is 23.9 Å². The number of hydrogen-bond acceptors (Lipinski definition) is 3. The van der Waals surface area contributed by atoms with Gasteiger partial charge in [-0.1, -0.05) is 25.3 Å². The molecule has 19 heavy (non-hydrogen) atoms. The monoisotopic (exact) mass is 261 g/mol. The van der Waals surface area contributed by atoms with E-state index in [4.69, 9.17) is 0 Å². The van der Waals surface area contributed by atoms with Crippen LogP contribution in [-0.2, 0) is 6.54 Å². The van der Waals surface area contributed by atoms with Crippen LogP contribution in [0.5, 0.6) is 0 Å². The third-order valence-corrected chi connectivity index (χ3v) is 3.89. The minimum atomic E-state index is 0.899. The number of anilines is 1. The Labute approximate surface area is 117 Å². The molecule has 1 heterocycles. The van der Waals surface area contributed by atoms with Crippen LogP contribution in [-0.4, -0.2) is 30.0 Å². The van der Waals surface area contributed by atoms with Crippen LogP contribution in [0.4, 0.5) is 5.82 Å². The summed E-state index contributed by atoms with van der Waals surface area (Å²) in [6, 6.07) is 6.25. The third kappa shape index (κ3) is 4.83. The highest BCUT2D eigenvalue weighted by molar-refractivity contribution is 5.34. The largest absolute Gasteiger partial charge is 0.370 e. The first kappa shape index (κ1) is 14.3. The fourth-order valence-electron chi connectivity index (χ4n) is 3.00. The number of rotatable bonds is 6. The van der Waals surface area contributed by atoms with E-state index in [9.17, 15) is 0 Å². The van der Waals surface area contributed by atoms with Gasteiger partial charge in [0, 0.05) is 19.6 Å². The van der Waals surface area contributed by atoms with Crippen molar-refractivity contribution in [2.45, 2.75) is 45.6 Å². The van der Waals surface area contributed by atoms with E-state index in [0.717, 1.165) is 30.5 Å². The Kier molecular flexibility index (Phi) is 5.64. The number of hydrogen-bond donors (Lipinski definition) is 1. The van der Waals surface area contributed by atoms with Crippen molar-refractivity contribution < 1.29 is 0 Å². The molecule has 0 amide bonds. The summed E-state index contributed by atoms with van der Waals surface area (Å²) < 4.78 is 0. The smallest absolute Gasteiger partial charge is 0.126 e. The zero-order valence-electron chi connectivity index (χ0n) is 12.4. The summed E-state index contributed by atoms with van der Waals surface area (Å²) in [4.78, 5) is 7.07. The molecule has 1 saturated carbocycles. The van der Waals surface area contributed by atoms with Gasteiger partial charge in [0.05, 0.1) is 5.69 Å². The zero-order valence-corrected chi connectivity index (χ0v) is 12.4. The summed E-state index contributed by atoms with van der Waals surface area (Å²) in [5, 5.41) is 3.27. The molecule has 0 saturated heterocycles. The summed E-state index contributed by atoms with van der Waals surface area (Å²) in [6.45, 7) is 5.20. The van der Waals surface area contributed by atoms with Gasteiger partial charge < -0.3 is 10.2 Å². The first-order valence-corrected chi connectivity index (χ1v) is 7.66. The number of aromatic nitrogens is 1. The lowest BCUT2D eigenvalue weighted by Crippen LogP contribution is -2.27. The average molecular weight is 261 g/mol. The highest BCUT2D eigenvalue weighted by atomic mass is 15.1. The van der Waals surface area contributed by atoms with Crippen LogP contribution in [0.2, 0.25) is 0 Å². The first-order valence-electron chi connectivity index (χ1n) is 7.66. The standard InChI is InChI=1S/C16H27N3/c1-3-17-16-11-7-10-15(18-16)13-19(2)12-14-8-5-4-6-9-14/h7,10-11,14H,3-6,8-9,12-13H2,1-2H3,(H,17,18). The molecule has 0 aromatic carbocycles. The maximum absolute atomic E-state index is 4.64. The summed E-state index contributed by atoms with van der Waals surface area (Å²) >= 11 is 0. The third-order valence-electron chi connectivity index (χ3n) is 3.89. The molecule has 1 fully saturated rings. The van der Waals surface area contributed by atoms with Crippen LogP contribution >= 0.6 is 0 Å². The van der Waals surface area contributed by atoms with Crippen LogP contribution in [0, 0.1) is 5.92 Å². The SMILES string of the molecule is CCNc1cccc(CN(C)CC2CCCCC2)n1. The maximum Gasteiger partial charge on any atom is 0.126 e. The Morgan fingerprint density at radius 3 is 2.79 bits per heavy atom. The highest BCUT2D eigenvalue weighted by Gasteiger charge is 2.15. The summed E-state index contributed by atoms with van der Waals surface area (Å²) in [5.41, 5.74) is 1.16. The van der Waals surface area contributed by atoms with E-state index in [1.54, 1.807) is 0 Å². The van der Waals surface area contributed by atoms with Crippen LogP contribution in [0.1, 0.15) is 44.7 Å². The second kappa shape index (κ2) is 7.49. The molecule has 0 aliphatic heterocycles. The van der Waals surface area contributed by atoms with E-state index in [1.807, 2.05) is 6.07 Å². The van der Waals surface area contributed by atoms with Crippen molar-refractivity contribution in [2.24, 2.45) is 5.92 Å². The summed E-state index contributed by atoms with van der Waals surface area (Å²) in [5.74, 6) is 1.89. The molecule has 1 N–H and O–H groups in total. The number of nitrogens with one attached hydrogen (secondary N) is 1. The van der Waals surface area contributed by atoms with Gasteiger partial charge in [0.1, 0.15) is 5.82 Å². The van der Waals surface area contributed by atoms with Gasteiger partial charge in [-0.15, -0.1) is 0 Å². The Balaban J connectivity index is 1.83. The molecule has 1 aromatic heterocycles. The molecule has 0 atom stereocenters. The highest BCUT2D eigenvalue weighted by Crippen LogP contribution is 2.24. The quantitative estimate of drug-likeness (QED) is 0.849. The Morgan fingerprint density at radius 2 is 2.05 bits per heavy atom. The van der Waals surface area contributed by atoms with Crippen LogP contribution in [0.3, 0.4) is 0 Å². The van der Waals surface area contributed by atoms with Gasteiger partial charge >= 0.3 is 0 Å². The minimum absolute atomic E-state index is 0.899. The molecule has 3 heteroatoms. The molecule has 0 bridgehead atoms. The van der Waals surface area contributed by atoms with E-state index in [1.165, 1.54) is 38.6 Å². The predicted octanol–water partition coefficient (Wildman–Crippen LogP) is 3.53. The molecular weight excluding hydrogens is 234 g/mol. The van der Waals surface area contributed by atoms with Gasteiger partial charge in [-0.3, -0.25) is 0 Å².